The average Bonchev–Trinajstić information content (AvgIpc) is 2.97. The van der Waals surface area contributed by atoms with Gasteiger partial charge in [-0.2, -0.15) is 0 Å². The van der Waals surface area contributed by atoms with Crippen LogP contribution >= 0.6 is 22.7 Å². The van der Waals surface area contributed by atoms with Gasteiger partial charge in [0.25, 0.3) is 5.91 Å². The highest BCUT2D eigenvalue weighted by Crippen LogP contribution is 2.24. The fourth-order valence-corrected chi connectivity index (χ4v) is 2.80. The van der Waals surface area contributed by atoms with E-state index in [9.17, 15) is 9.59 Å². The van der Waals surface area contributed by atoms with Crippen LogP contribution in [0.1, 0.15) is 25.0 Å². The predicted octanol–water partition coefficient (Wildman–Crippen LogP) is 2.55. The Hall–Kier alpha value is -1.73. The fraction of sp³-hybridized carbons (Fsp3) is 0.182. The minimum Gasteiger partial charge on any atom is -0.465 e. The third kappa shape index (κ3) is 2.57. The molecule has 0 aliphatic heterocycles. The second-order valence-corrected chi connectivity index (χ2v) is 5.30. The van der Waals surface area contributed by atoms with Gasteiger partial charge in [0.2, 0.25) is 0 Å². The molecule has 2 rings (SSSR count). The summed E-state index contributed by atoms with van der Waals surface area (Å²) >= 11 is 2.45. The van der Waals surface area contributed by atoms with Gasteiger partial charge in [-0.15, -0.1) is 11.3 Å². The molecule has 0 unspecified atom stereocenters. The van der Waals surface area contributed by atoms with Crippen molar-refractivity contribution in [2.45, 2.75) is 6.92 Å². The summed E-state index contributed by atoms with van der Waals surface area (Å²) < 4.78 is 4.63. The molecule has 0 aliphatic carbocycles. The van der Waals surface area contributed by atoms with Gasteiger partial charge in [-0.3, -0.25) is 10.1 Å². The number of thiazole rings is 1. The summed E-state index contributed by atoms with van der Waals surface area (Å²) in [6.07, 6.45) is 0. The molecule has 0 atom stereocenters. The molecule has 0 aliphatic rings. The summed E-state index contributed by atoms with van der Waals surface area (Å²) in [7, 11) is 1.31. The molecule has 5 nitrogen and oxygen atoms in total. The van der Waals surface area contributed by atoms with Gasteiger partial charge in [-0.1, -0.05) is 17.4 Å². The first-order valence-corrected chi connectivity index (χ1v) is 6.72. The molecule has 2 heterocycles. The third-order valence-electron chi connectivity index (χ3n) is 2.13. The monoisotopic (exact) mass is 282 g/mol. The summed E-state index contributed by atoms with van der Waals surface area (Å²) in [6, 6.07) is 3.52. The number of amides is 1. The van der Waals surface area contributed by atoms with E-state index >= 15 is 0 Å². The first-order chi connectivity index (χ1) is 8.61. The maximum atomic E-state index is 11.8. The molecule has 0 fully saturated rings. The summed E-state index contributed by atoms with van der Waals surface area (Å²) in [5.74, 6) is -0.670. The lowest BCUT2D eigenvalue weighted by molar-refractivity contribution is 0.0605. The quantitative estimate of drug-likeness (QED) is 0.878. The predicted molar refractivity (Wildman–Crippen MR) is 70.5 cm³/mol. The van der Waals surface area contributed by atoms with E-state index in [4.69, 9.17) is 0 Å². The second-order valence-electron chi connectivity index (χ2n) is 3.36. The standard InChI is InChI=1S/C11H10N2O3S2/c1-6-8(10(15)16-2)18-11(12-6)13-9(14)7-4-3-5-17-7/h3-5H,1-2H3,(H,12,13,14). The summed E-state index contributed by atoms with van der Waals surface area (Å²) in [4.78, 5) is 28.3. The van der Waals surface area contributed by atoms with Gasteiger partial charge >= 0.3 is 5.97 Å². The Balaban J connectivity index is 2.16. The van der Waals surface area contributed by atoms with Gasteiger partial charge in [0.05, 0.1) is 17.7 Å². The molecular formula is C11H10N2O3S2. The highest BCUT2D eigenvalue weighted by molar-refractivity contribution is 7.18. The average molecular weight is 282 g/mol. The number of aromatic nitrogens is 1. The number of thiophene rings is 1. The second kappa shape index (κ2) is 5.28. The maximum absolute atomic E-state index is 11.8. The van der Waals surface area contributed by atoms with E-state index in [-0.39, 0.29) is 5.91 Å². The van der Waals surface area contributed by atoms with Crippen molar-refractivity contribution >= 4 is 39.7 Å². The number of ether oxygens (including phenoxy) is 1. The SMILES string of the molecule is COC(=O)c1sc(NC(=O)c2cccs2)nc1C. The largest absolute Gasteiger partial charge is 0.465 e. The summed E-state index contributed by atoms with van der Waals surface area (Å²) in [5.41, 5.74) is 0.549. The Morgan fingerprint density at radius 1 is 1.44 bits per heavy atom. The molecule has 0 saturated carbocycles. The molecule has 7 heteroatoms. The third-order valence-corrected chi connectivity index (χ3v) is 4.05. The van der Waals surface area contributed by atoms with Crippen LogP contribution in [0, 0.1) is 6.92 Å². The van der Waals surface area contributed by atoms with E-state index < -0.39 is 5.97 Å². The van der Waals surface area contributed by atoms with Crippen molar-refractivity contribution in [3.63, 3.8) is 0 Å². The van der Waals surface area contributed by atoms with Gasteiger partial charge in [0.1, 0.15) is 4.88 Å². The van der Waals surface area contributed by atoms with Gasteiger partial charge in [-0.05, 0) is 18.4 Å². The van der Waals surface area contributed by atoms with Crippen LogP contribution in [0.3, 0.4) is 0 Å². The van der Waals surface area contributed by atoms with Gasteiger partial charge < -0.3 is 4.74 Å². The van der Waals surface area contributed by atoms with Gasteiger partial charge in [0, 0.05) is 0 Å². The van der Waals surface area contributed by atoms with Crippen LogP contribution in [0.5, 0.6) is 0 Å². The normalized spacial score (nSPS) is 10.1. The first-order valence-electron chi connectivity index (χ1n) is 5.02. The zero-order valence-electron chi connectivity index (χ0n) is 9.72. The molecule has 0 aromatic carbocycles. The van der Waals surface area contributed by atoms with Gasteiger partial charge in [0.15, 0.2) is 5.13 Å². The molecule has 2 aromatic heterocycles. The van der Waals surface area contributed by atoms with Crippen molar-refractivity contribution < 1.29 is 14.3 Å². The van der Waals surface area contributed by atoms with Crippen molar-refractivity contribution in [3.8, 4) is 0 Å². The molecule has 0 radical (unpaired) electrons. The van der Waals surface area contributed by atoms with Crippen molar-refractivity contribution in [3.05, 3.63) is 33.0 Å². The number of hydrogen-bond acceptors (Lipinski definition) is 6. The van der Waals surface area contributed by atoms with E-state index in [1.54, 1.807) is 19.1 Å². The minimum atomic E-state index is -0.443. The Morgan fingerprint density at radius 2 is 2.22 bits per heavy atom. The molecule has 0 saturated heterocycles. The zero-order valence-corrected chi connectivity index (χ0v) is 11.4. The molecule has 1 N–H and O–H groups in total. The summed E-state index contributed by atoms with van der Waals surface area (Å²) in [6.45, 7) is 1.70. The number of anilines is 1. The van der Waals surface area contributed by atoms with E-state index in [2.05, 4.69) is 15.0 Å². The Kier molecular flexibility index (Phi) is 3.73. The van der Waals surface area contributed by atoms with Crippen molar-refractivity contribution in [2.75, 3.05) is 12.4 Å². The lowest BCUT2D eigenvalue weighted by atomic mass is 10.4. The number of methoxy groups -OCH3 is 1. The number of nitrogens with one attached hydrogen (secondary N) is 1. The van der Waals surface area contributed by atoms with E-state index in [1.807, 2.05) is 5.38 Å². The number of carbonyl (C=O) groups excluding carboxylic acids is 2. The number of rotatable bonds is 3. The molecule has 18 heavy (non-hydrogen) atoms. The van der Waals surface area contributed by atoms with Crippen molar-refractivity contribution in [2.24, 2.45) is 0 Å². The highest BCUT2D eigenvalue weighted by Gasteiger charge is 2.17. The number of esters is 1. The number of aryl methyl sites for hydroxylation is 1. The molecule has 0 spiro atoms. The summed E-state index contributed by atoms with van der Waals surface area (Å²) in [5, 5.41) is 4.87. The van der Waals surface area contributed by atoms with Gasteiger partial charge in [-0.25, -0.2) is 9.78 Å². The lowest BCUT2D eigenvalue weighted by Gasteiger charge is -1.97. The van der Waals surface area contributed by atoms with Crippen LogP contribution in [0.25, 0.3) is 0 Å². The van der Waals surface area contributed by atoms with E-state index in [0.29, 0.717) is 20.6 Å². The molecule has 2 aromatic rings. The van der Waals surface area contributed by atoms with Crippen LogP contribution in [0.15, 0.2) is 17.5 Å². The lowest BCUT2D eigenvalue weighted by Crippen LogP contribution is -2.09. The van der Waals surface area contributed by atoms with Crippen LogP contribution in [0.4, 0.5) is 5.13 Å². The fourth-order valence-electron chi connectivity index (χ4n) is 1.30. The number of nitrogens with zero attached hydrogens (tertiary/aromatic N) is 1. The van der Waals surface area contributed by atoms with E-state index in [0.717, 1.165) is 11.3 Å². The topological polar surface area (TPSA) is 68.3 Å². The van der Waals surface area contributed by atoms with Crippen LogP contribution in [-0.4, -0.2) is 24.0 Å². The minimum absolute atomic E-state index is 0.227. The zero-order chi connectivity index (χ0) is 13.1. The van der Waals surface area contributed by atoms with E-state index in [1.165, 1.54) is 18.4 Å². The van der Waals surface area contributed by atoms with Crippen LogP contribution < -0.4 is 5.32 Å². The van der Waals surface area contributed by atoms with Crippen LogP contribution in [-0.2, 0) is 4.74 Å². The number of carbonyl (C=O) groups is 2. The molecular weight excluding hydrogens is 272 g/mol. The molecule has 94 valence electrons. The first kappa shape index (κ1) is 12.7. The Morgan fingerprint density at radius 3 is 2.83 bits per heavy atom. The number of hydrogen-bond donors (Lipinski definition) is 1. The van der Waals surface area contributed by atoms with Crippen molar-refractivity contribution in [1.82, 2.24) is 4.98 Å². The molecule has 1 amide bonds. The smallest absolute Gasteiger partial charge is 0.350 e. The molecule has 0 bridgehead atoms. The van der Waals surface area contributed by atoms with Crippen molar-refractivity contribution in [1.29, 1.82) is 0 Å². The van der Waals surface area contributed by atoms with Crippen LogP contribution in [0.2, 0.25) is 0 Å². The maximum Gasteiger partial charge on any atom is 0.350 e. The highest BCUT2D eigenvalue weighted by atomic mass is 32.1. The Labute approximate surface area is 111 Å². The Bertz CT molecular complexity index is 575.